The van der Waals surface area contributed by atoms with Crippen molar-refractivity contribution in [1.29, 1.82) is 0 Å². The van der Waals surface area contributed by atoms with Crippen molar-refractivity contribution in [3.63, 3.8) is 0 Å². The number of benzene rings is 1. The number of nitrogens with zero attached hydrogens (tertiary/aromatic N) is 3. The van der Waals surface area contributed by atoms with Gasteiger partial charge in [0, 0.05) is 10.3 Å². The molecule has 31 heavy (non-hydrogen) atoms. The van der Waals surface area contributed by atoms with Crippen LogP contribution in [0.25, 0.3) is 26.3 Å². The van der Waals surface area contributed by atoms with Gasteiger partial charge in [0.1, 0.15) is 11.5 Å². The van der Waals surface area contributed by atoms with Crippen LogP contribution in [-0.4, -0.2) is 27.5 Å². The minimum atomic E-state index is -0.253. The van der Waals surface area contributed by atoms with Crippen molar-refractivity contribution in [2.75, 3.05) is 7.11 Å². The number of carbonyl (C=O) groups excluding carboxylic acids is 1. The average Bonchev–Trinajstić information content (AvgIpc) is 3.23. The number of aryl methyl sites for hydroxylation is 2. The SMILES string of the molecule is CCC(CC)c1c(C(C)=O)c(OC)nn2c(-c3sc4ccc(F)cc4c3C)c(C)nc12. The van der Waals surface area contributed by atoms with Crippen molar-refractivity contribution in [1.82, 2.24) is 14.6 Å². The number of imidazole rings is 1. The third-order valence-electron chi connectivity index (χ3n) is 6.00. The first-order valence-electron chi connectivity index (χ1n) is 10.5. The van der Waals surface area contributed by atoms with Crippen LogP contribution in [0.3, 0.4) is 0 Å². The molecular formula is C24H26FN3O2S. The van der Waals surface area contributed by atoms with Gasteiger partial charge in [-0.15, -0.1) is 16.4 Å². The van der Waals surface area contributed by atoms with Crippen molar-refractivity contribution >= 4 is 32.9 Å². The minimum Gasteiger partial charge on any atom is -0.479 e. The molecule has 3 aromatic heterocycles. The summed E-state index contributed by atoms with van der Waals surface area (Å²) in [5.74, 6) is 0.136. The molecule has 0 spiro atoms. The molecular weight excluding hydrogens is 413 g/mol. The zero-order chi connectivity index (χ0) is 22.4. The summed E-state index contributed by atoms with van der Waals surface area (Å²) in [6, 6.07) is 4.86. The number of Topliss-reactive ketones (excluding diaryl/α,β-unsaturated/α-hetero) is 1. The Kier molecular flexibility index (Phi) is 5.56. The lowest BCUT2D eigenvalue weighted by Crippen LogP contribution is -2.13. The highest BCUT2D eigenvalue weighted by Crippen LogP contribution is 2.42. The van der Waals surface area contributed by atoms with Crippen LogP contribution in [0.2, 0.25) is 0 Å². The topological polar surface area (TPSA) is 56.5 Å². The largest absolute Gasteiger partial charge is 0.479 e. The Morgan fingerprint density at radius 2 is 1.97 bits per heavy atom. The number of fused-ring (bicyclic) bond motifs is 2. The van der Waals surface area contributed by atoms with E-state index in [9.17, 15) is 9.18 Å². The maximum absolute atomic E-state index is 13.9. The molecule has 162 valence electrons. The highest BCUT2D eigenvalue weighted by atomic mass is 32.1. The Morgan fingerprint density at radius 3 is 2.58 bits per heavy atom. The van der Waals surface area contributed by atoms with Crippen LogP contribution in [0.1, 0.15) is 66.7 Å². The van der Waals surface area contributed by atoms with E-state index >= 15 is 0 Å². The van der Waals surface area contributed by atoms with E-state index in [0.717, 1.165) is 50.3 Å². The van der Waals surface area contributed by atoms with Gasteiger partial charge < -0.3 is 4.74 Å². The van der Waals surface area contributed by atoms with Crippen LogP contribution in [0.4, 0.5) is 4.39 Å². The number of carbonyl (C=O) groups is 1. The maximum atomic E-state index is 13.9. The summed E-state index contributed by atoms with van der Waals surface area (Å²) >= 11 is 1.59. The second-order valence-electron chi connectivity index (χ2n) is 7.85. The number of hydrogen-bond donors (Lipinski definition) is 0. The third-order valence-corrected chi connectivity index (χ3v) is 7.28. The molecule has 0 saturated heterocycles. The van der Waals surface area contributed by atoms with Crippen LogP contribution in [-0.2, 0) is 0 Å². The fraction of sp³-hybridized carbons (Fsp3) is 0.375. The molecule has 5 nitrogen and oxygen atoms in total. The summed E-state index contributed by atoms with van der Waals surface area (Å²) in [4.78, 5) is 18.5. The van der Waals surface area contributed by atoms with Crippen LogP contribution >= 0.6 is 11.3 Å². The standard InChI is InChI=1S/C24H26FN3O2S/c1-7-15(8-2)20-19(14(5)29)24(30-6)27-28-21(13(4)26-23(20)28)22-12(3)17-11-16(25)9-10-18(17)31-22/h9-11,15H,7-8H2,1-6H3. The lowest BCUT2D eigenvalue weighted by molar-refractivity contribution is 0.101. The summed E-state index contributed by atoms with van der Waals surface area (Å²) in [7, 11) is 1.54. The molecule has 0 aliphatic rings. The Labute approximate surface area is 184 Å². The zero-order valence-electron chi connectivity index (χ0n) is 18.7. The second kappa shape index (κ2) is 8.04. The minimum absolute atomic E-state index is 0.0792. The molecule has 0 N–H and O–H groups in total. The van der Waals surface area contributed by atoms with E-state index in [2.05, 4.69) is 13.8 Å². The van der Waals surface area contributed by atoms with E-state index in [-0.39, 0.29) is 17.5 Å². The van der Waals surface area contributed by atoms with Gasteiger partial charge in [-0.2, -0.15) is 0 Å². The molecule has 7 heteroatoms. The first-order chi connectivity index (χ1) is 14.8. The highest BCUT2D eigenvalue weighted by molar-refractivity contribution is 7.22. The van der Waals surface area contributed by atoms with Gasteiger partial charge in [0.05, 0.1) is 23.2 Å². The smallest absolute Gasteiger partial charge is 0.242 e. The van der Waals surface area contributed by atoms with Gasteiger partial charge in [-0.3, -0.25) is 4.79 Å². The number of halogens is 1. The molecule has 0 saturated carbocycles. The number of aromatic nitrogens is 3. The number of ether oxygens (including phenoxy) is 1. The molecule has 4 aromatic rings. The third kappa shape index (κ3) is 3.31. The van der Waals surface area contributed by atoms with Crippen LogP contribution in [0.15, 0.2) is 18.2 Å². The molecule has 0 amide bonds. The predicted molar refractivity (Wildman–Crippen MR) is 123 cm³/mol. The van der Waals surface area contributed by atoms with Crippen molar-refractivity contribution in [3.05, 3.63) is 46.4 Å². The number of thiophene rings is 1. The predicted octanol–water partition coefficient (Wildman–Crippen LogP) is 6.48. The number of methoxy groups -OCH3 is 1. The van der Waals surface area contributed by atoms with Gasteiger partial charge in [0.2, 0.25) is 5.88 Å². The van der Waals surface area contributed by atoms with Crippen molar-refractivity contribution < 1.29 is 13.9 Å². The fourth-order valence-corrected chi connectivity index (χ4v) is 5.68. The van der Waals surface area contributed by atoms with Crippen molar-refractivity contribution in [3.8, 4) is 16.5 Å². The molecule has 0 aliphatic heterocycles. The molecule has 0 fully saturated rings. The lowest BCUT2D eigenvalue weighted by atomic mass is 9.90. The number of hydrogen-bond acceptors (Lipinski definition) is 5. The van der Waals surface area contributed by atoms with E-state index in [1.165, 1.54) is 13.2 Å². The Morgan fingerprint density at radius 1 is 1.26 bits per heavy atom. The molecule has 0 aliphatic carbocycles. The first-order valence-corrected chi connectivity index (χ1v) is 11.3. The number of rotatable bonds is 6. The van der Waals surface area contributed by atoms with E-state index in [1.54, 1.807) is 24.3 Å². The molecule has 0 bridgehead atoms. The van der Waals surface area contributed by atoms with Crippen LogP contribution < -0.4 is 4.74 Å². The average molecular weight is 440 g/mol. The molecule has 4 rings (SSSR count). The summed E-state index contributed by atoms with van der Waals surface area (Å²) in [6.45, 7) is 9.72. The van der Waals surface area contributed by atoms with Gasteiger partial charge >= 0.3 is 0 Å². The maximum Gasteiger partial charge on any atom is 0.242 e. The van der Waals surface area contributed by atoms with E-state index < -0.39 is 0 Å². The Balaban J connectivity index is 2.12. The number of ketones is 1. The highest BCUT2D eigenvalue weighted by Gasteiger charge is 2.28. The lowest BCUT2D eigenvalue weighted by Gasteiger charge is -2.19. The monoisotopic (exact) mass is 439 g/mol. The van der Waals surface area contributed by atoms with Gasteiger partial charge in [-0.05, 0) is 68.7 Å². The van der Waals surface area contributed by atoms with Gasteiger partial charge in [0.15, 0.2) is 11.4 Å². The Hall–Kier alpha value is -2.80. The van der Waals surface area contributed by atoms with E-state index in [4.69, 9.17) is 14.8 Å². The van der Waals surface area contributed by atoms with Gasteiger partial charge in [-0.1, -0.05) is 13.8 Å². The molecule has 0 atom stereocenters. The van der Waals surface area contributed by atoms with Gasteiger partial charge in [-0.25, -0.2) is 13.9 Å². The Bertz CT molecular complexity index is 1320. The van der Waals surface area contributed by atoms with Crippen LogP contribution in [0.5, 0.6) is 5.88 Å². The summed E-state index contributed by atoms with van der Waals surface area (Å²) in [6.07, 6.45) is 1.75. The molecule has 0 radical (unpaired) electrons. The van der Waals surface area contributed by atoms with Gasteiger partial charge in [0.25, 0.3) is 0 Å². The van der Waals surface area contributed by atoms with Crippen molar-refractivity contribution in [2.24, 2.45) is 0 Å². The normalized spacial score (nSPS) is 11.7. The van der Waals surface area contributed by atoms with Crippen molar-refractivity contribution in [2.45, 2.75) is 53.4 Å². The quantitative estimate of drug-likeness (QED) is 0.323. The second-order valence-corrected chi connectivity index (χ2v) is 8.90. The van der Waals surface area contributed by atoms with E-state index in [1.807, 2.05) is 24.4 Å². The molecule has 3 heterocycles. The molecule has 0 unspecified atom stereocenters. The summed E-state index contributed by atoms with van der Waals surface area (Å²) in [5, 5.41) is 5.59. The molecule has 1 aromatic carbocycles. The first kappa shape index (κ1) is 21.4. The van der Waals surface area contributed by atoms with E-state index in [0.29, 0.717) is 17.1 Å². The van der Waals surface area contributed by atoms with Crippen LogP contribution in [0, 0.1) is 19.7 Å². The fourth-order valence-electron chi connectivity index (χ4n) is 4.40. The summed E-state index contributed by atoms with van der Waals surface area (Å²) < 4.78 is 22.3. The zero-order valence-corrected chi connectivity index (χ0v) is 19.5. The summed E-state index contributed by atoms with van der Waals surface area (Å²) in [5.41, 5.74) is 4.76.